The van der Waals surface area contributed by atoms with Crippen LogP contribution in [-0.4, -0.2) is 57.3 Å². The van der Waals surface area contributed by atoms with Crippen molar-refractivity contribution in [2.45, 2.75) is 32.3 Å². The first-order chi connectivity index (χ1) is 15.2. The van der Waals surface area contributed by atoms with Crippen molar-refractivity contribution in [3.63, 3.8) is 0 Å². The Labute approximate surface area is 183 Å². The lowest BCUT2D eigenvalue weighted by atomic mass is 9.79. The van der Waals surface area contributed by atoms with E-state index in [0.717, 1.165) is 51.4 Å². The van der Waals surface area contributed by atoms with E-state index in [4.69, 9.17) is 18.6 Å². The number of carbonyl (C=O) groups is 1. The van der Waals surface area contributed by atoms with Crippen LogP contribution in [0.3, 0.4) is 0 Å². The molecule has 1 aromatic heterocycles. The first kappa shape index (κ1) is 21.7. The molecule has 7 nitrogen and oxygen atoms in total. The van der Waals surface area contributed by atoms with Crippen molar-refractivity contribution in [3.05, 3.63) is 47.9 Å². The van der Waals surface area contributed by atoms with Gasteiger partial charge >= 0.3 is 0 Å². The van der Waals surface area contributed by atoms with E-state index in [2.05, 4.69) is 10.2 Å². The first-order valence-corrected chi connectivity index (χ1v) is 11.1. The van der Waals surface area contributed by atoms with E-state index in [1.165, 1.54) is 12.8 Å². The van der Waals surface area contributed by atoms with Crippen LogP contribution in [0.25, 0.3) is 0 Å². The highest BCUT2D eigenvalue weighted by Crippen LogP contribution is 2.32. The summed E-state index contributed by atoms with van der Waals surface area (Å²) in [5.74, 6) is 2.24. The smallest absolute Gasteiger partial charge is 0.287 e. The maximum atomic E-state index is 12.7. The van der Waals surface area contributed by atoms with Crippen molar-refractivity contribution in [1.29, 1.82) is 0 Å². The summed E-state index contributed by atoms with van der Waals surface area (Å²) in [4.78, 5) is 15.2. The van der Waals surface area contributed by atoms with Gasteiger partial charge in [0.2, 0.25) is 0 Å². The third-order valence-electron chi connectivity index (χ3n) is 6.26. The number of nitrogens with zero attached hydrogens (tertiary/aromatic N) is 1. The maximum Gasteiger partial charge on any atom is 0.287 e. The highest BCUT2D eigenvalue weighted by molar-refractivity contribution is 5.91. The van der Waals surface area contributed by atoms with E-state index in [1.807, 2.05) is 24.3 Å². The fraction of sp³-hybridized carbons (Fsp3) is 0.542. The summed E-state index contributed by atoms with van der Waals surface area (Å²) < 4.78 is 22.2. The standard InChI is InChI=1S/C24H32N2O5/c1-28-19-4-6-20(7-5-19)30-16-21-8-9-22(31-21)23(27)25-17-24(10-14-29-15-11-24)18-26-12-2-3-13-26/h4-9H,2-3,10-18H2,1H3,(H,25,27). The minimum Gasteiger partial charge on any atom is -0.497 e. The van der Waals surface area contributed by atoms with Gasteiger partial charge in [-0.3, -0.25) is 4.79 Å². The van der Waals surface area contributed by atoms with Crippen LogP contribution >= 0.6 is 0 Å². The van der Waals surface area contributed by atoms with Crippen molar-refractivity contribution in [1.82, 2.24) is 10.2 Å². The number of hydrogen-bond acceptors (Lipinski definition) is 6. The lowest BCUT2D eigenvalue weighted by Crippen LogP contribution is -2.48. The molecule has 0 unspecified atom stereocenters. The second kappa shape index (κ2) is 10.2. The van der Waals surface area contributed by atoms with E-state index < -0.39 is 0 Å². The van der Waals surface area contributed by atoms with Crippen LogP contribution in [0.1, 0.15) is 42.0 Å². The van der Waals surface area contributed by atoms with Gasteiger partial charge in [-0.15, -0.1) is 0 Å². The quantitative estimate of drug-likeness (QED) is 0.659. The zero-order chi connectivity index (χ0) is 21.5. The highest BCUT2D eigenvalue weighted by Gasteiger charge is 2.35. The summed E-state index contributed by atoms with van der Waals surface area (Å²) in [5, 5.41) is 3.11. The maximum absolute atomic E-state index is 12.7. The van der Waals surface area contributed by atoms with E-state index in [0.29, 0.717) is 23.8 Å². The van der Waals surface area contributed by atoms with Crippen LogP contribution in [0.5, 0.6) is 11.5 Å². The average Bonchev–Trinajstić information content (AvgIpc) is 3.49. The summed E-state index contributed by atoms with van der Waals surface area (Å²) in [5.41, 5.74) is 0.0746. The molecule has 2 aromatic rings. The van der Waals surface area contributed by atoms with Gasteiger partial charge < -0.3 is 28.8 Å². The Morgan fingerprint density at radius 2 is 1.77 bits per heavy atom. The highest BCUT2D eigenvalue weighted by atomic mass is 16.5. The van der Waals surface area contributed by atoms with Crippen molar-refractivity contribution >= 4 is 5.91 Å². The Morgan fingerprint density at radius 1 is 1.06 bits per heavy atom. The molecule has 0 atom stereocenters. The minimum absolute atomic E-state index is 0.0746. The summed E-state index contributed by atoms with van der Waals surface area (Å²) in [6.07, 6.45) is 4.49. The molecule has 168 valence electrons. The molecule has 2 saturated heterocycles. The number of ether oxygens (including phenoxy) is 3. The SMILES string of the molecule is COc1ccc(OCc2ccc(C(=O)NCC3(CN4CCCC4)CCOCC3)o2)cc1. The molecule has 4 rings (SSSR count). The molecule has 3 heterocycles. The molecule has 0 saturated carbocycles. The molecule has 0 spiro atoms. The van der Waals surface area contributed by atoms with Crippen molar-refractivity contribution in [2.75, 3.05) is 46.5 Å². The first-order valence-electron chi connectivity index (χ1n) is 11.1. The number of hydrogen-bond donors (Lipinski definition) is 1. The monoisotopic (exact) mass is 428 g/mol. The number of rotatable bonds is 9. The fourth-order valence-electron chi connectivity index (χ4n) is 4.37. The molecule has 0 radical (unpaired) electrons. The summed E-state index contributed by atoms with van der Waals surface area (Å²) in [6.45, 7) is 5.77. The number of benzene rings is 1. The number of furan rings is 1. The molecular formula is C24H32N2O5. The van der Waals surface area contributed by atoms with E-state index in [-0.39, 0.29) is 17.9 Å². The lowest BCUT2D eigenvalue weighted by molar-refractivity contribution is -0.000762. The fourth-order valence-corrected chi connectivity index (χ4v) is 4.37. The van der Waals surface area contributed by atoms with Crippen molar-refractivity contribution in [2.24, 2.45) is 5.41 Å². The second-order valence-corrected chi connectivity index (χ2v) is 8.51. The van der Waals surface area contributed by atoms with Gasteiger partial charge in [-0.25, -0.2) is 0 Å². The third kappa shape index (κ3) is 5.80. The van der Waals surface area contributed by atoms with Gasteiger partial charge in [0.25, 0.3) is 5.91 Å². The van der Waals surface area contributed by atoms with Gasteiger partial charge in [0.15, 0.2) is 5.76 Å². The van der Waals surface area contributed by atoms with Crippen LogP contribution in [-0.2, 0) is 11.3 Å². The van der Waals surface area contributed by atoms with Gasteiger partial charge in [0.1, 0.15) is 23.9 Å². The van der Waals surface area contributed by atoms with Gasteiger partial charge in [-0.05, 0) is 75.2 Å². The van der Waals surface area contributed by atoms with Gasteiger partial charge in [-0.1, -0.05) is 0 Å². The zero-order valence-corrected chi connectivity index (χ0v) is 18.2. The second-order valence-electron chi connectivity index (χ2n) is 8.51. The minimum atomic E-state index is -0.178. The topological polar surface area (TPSA) is 73.2 Å². The Kier molecular flexibility index (Phi) is 7.14. The molecule has 0 aliphatic carbocycles. The van der Waals surface area contributed by atoms with Crippen LogP contribution in [0, 0.1) is 5.41 Å². The van der Waals surface area contributed by atoms with Crippen LogP contribution in [0.4, 0.5) is 0 Å². The number of nitrogens with one attached hydrogen (secondary N) is 1. The molecular weight excluding hydrogens is 396 g/mol. The number of methoxy groups -OCH3 is 1. The van der Waals surface area contributed by atoms with Gasteiger partial charge in [0, 0.05) is 31.7 Å². The average molecular weight is 429 g/mol. The summed E-state index contributed by atoms with van der Waals surface area (Å²) >= 11 is 0. The Bertz CT molecular complexity index is 836. The summed E-state index contributed by atoms with van der Waals surface area (Å²) in [7, 11) is 1.63. The molecule has 7 heteroatoms. The molecule has 31 heavy (non-hydrogen) atoms. The molecule has 1 amide bonds. The molecule has 2 fully saturated rings. The Morgan fingerprint density at radius 3 is 2.48 bits per heavy atom. The lowest BCUT2D eigenvalue weighted by Gasteiger charge is -2.40. The summed E-state index contributed by atoms with van der Waals surface area (Å²) in [6, 6.07) is 10.8. The van der Waals surface area contributed by atoms with Crippen LogP contribution in [0.15, 0.2) is 40.8 Å². The predicted molar refractivity (Wildman–Crippen MR) is 117 cm³/mol. The number of likely N-dealkylation sites (tertiary alicyclic amines) is 1. The molecule has 0 bridgehead atoms. The normalized spacial score (nSPS) is 18.6. The van der Waals surface area contributed by atoms with Crippen molar-refractivity contribution < 1.29 is 23.4 Å². The van der Waals surface area contributed by atoms with Crippen molar-refractivity contribution in [3.8, 4) is 11.5 Å². The largest absolute Gasteiger partial charge is 0.497 e. The van der Waals surface area contributed by atoms with Crippen LogP contribution < -0.4 is 14.8 Å². The molecule has 1 aromatic carbocycles. The molecule has 2 aliphatic heterocycles. The Balaban J connectivity index is 1.30. The van der Waals surface area contributed by atoms with E-state index in [1.54, 1.807) is 19.2 Å². The van der Waals surface area contributed by atoms with E-state index in [9.17, 15) is 4.79 Å². The number of amides is 1. The predicted octanol–water partition coefficient (Wildman–Crippen LogP) is 3.49. The van der Waals surface area contributed by atoms with E-state index >= 15 is 0 Å². The molecule has 1 N–H and O–H groups in total. The Hall–Kier alpha value is -2.51. The van der Waals surface area contributed by atoms with Gasteiger partial charge in [0.05, 0.1) is 7.11 Å². The number of carbonyl (C=O) groups excluding carboxylic acids is 1. The van der Waals surface area contributed by atoms with Gasteiger partial charge in [-0.2, -0.15) is 0 Å². The van der Waals surface area contributed by atoms with Crippen LogP contribution in [0.2, 0.25) is 0 Å². The zero-order valence-electron chi connectivity index (χ0n) is 18.2. The molecule has 2 aliphatic rings. The third-order valence-corrected chi connectivity index (χ3v) is 6.26.